The maximum Gasteiger partial charge on any atom is 0.284 e. The molecule has 1 fully saturated rings. The third-order valence-corrected chi connectivity index (χ3v) is 4.30. The Hall–Kier alpha value is -1.32. The lowest BCUT2D eigenvalue weighted by atomic mass is 9.98. The first-order valence-corrected chi connectivity index (χ1v) is 7.52. The average Bonchev–Trinajstić information content (AvgIpc) is 2.43. The summed E-state index contributed by atoms with van der Waals surface area (Å²) in [7, 11) is 2.14. The van der Waals surface area contributed by atoms with E-state index >= 15 is 0 Å². The van der Waals surface area contributed by atoms with Gasteiger partial charge in [-0.15, -0.1) is 6.42 Å². The first-order chi connectivity index (χ1) is 9.61. The van der Waals surface area contributed by atoms with Crippen molar-refractivity contribution in [3.63, 3.8) is 0 Å². The highest BCUT2D eigenvalue weighted by Crippen LogP contribution is 2.19. The maximum atomic E-state index is 12.0. The number of nitrogens with one attached hydrogen (secondary N) is 1. The summed E-state index contributed by atoms with van der Waals surface area (Å²) >= 11 is 3.32. The van der Waals surface area contributed by atoms with Gasteiger partial charge in [-0.05, 0) is 48.3 Å². The highest BCUT2D eigenvalue weighted by Gasteiger charge is 2.17. The number of anilines is 1. The Balaban J connectivity index is 2.01. The van der Waals surface area contributed by atoms with E-state index in [1.165, 1.54) is 24.1 Å². The van der Waals surface area contributed by atoms with Crippen LogP contribution in [-0.2, 0) is 6.54 Å². The van der Waals surface area contributed by atoms with Crippen LogP contribution in [0, 0.1) is 18.3 Å². The van der Waals surface area contributed by atoms with Gasteiger partial charge in [-0.3, -0.25) is 4.79 Å². The van der Waals surface area contributed by atoms with E-state index in [1.807, 2.05) is 0 Å². The van der Waals surface area contributed by atoms with Crippen molar-refractivity contribution in [3.8, 4) is 12.3 Å². The Kier molecular flexibility index (Phi) is 5.21. The van der Waals surface area contributed by atoms with E-state index in [0.717, 1.165) is 18.8 Å². The van der Waals surface area contributed by atoms with Crippen LogP contribution in [0.4, 0.5) is 5.69 Å². The summed E-state index contributed by atoms with van der Waals surface area (Å²) in [4.78, 5) is 14.3. The van der Waals surface area contributed by atoms with Gasteiger partial charge in [0.25, 0.3) is 5.56 Å². The van der Waals surface area contributed by atoms with Gasteiger partial charge in [0, 0.05) is 13.1 Å². The van der Waals surface area contributed by atoms with Crippen LogP contribution >= 0.6 is 15.9 Å². The lowest BCUT2D eigenvalue weighted by Gasteiger charge is -2.30. The molecule has 1 aromatic heterocycles. The largest absolute Gasteiger partial charge is 0.382 e. The van der Waals surface area contributed by atoms with Crippen LogP contribution in [0.5, 0.6) is 0 Å². The number of hydrogen-bond donors (Lipinski definition) is 1. The first kappa shape index (κ1) is 15.1. The summed E-state index contributed by atoms with van der Waals surface area (Å²) in [6.45, 7) is 3.30. The number of piperidine rings is 1. The van der Waals surface area contributed by atoms with Crippen LogP contribution in [0.2, 0.25) is 0 Å². The van der Waals surface area contributed by atoms with Gasteiger partial charge in [-0.25, -0.2) is 4.68 Å². The van der Waals surface area contributed by atoms with Gasteiger partial charge in [0.2, 0.25) is 0 Å². The van der Waals surface area contributed by atoms with Gasteiger partial charge in [-0.1, -0.05) is 5.92 Å². The van der Waals surface area contributed by atoms with Crippen LogP contribution in [0.15, 0.2) is 15.5 Å². The van der Waals surface area contributed by atoms with Crippen LogP contribution in [0.1, 0.15) is 12.8 Å². The number of terminal acetylenes is 1. The van der Waals surface area contributed by atoms with E-state index in [-0.39, 0.29) is 12.1 Å². The standard InChI is InChI=1S/C14H19BrN4O/c1-3-6-19-14(20)13(15)12(9-17-19)16-8-11-5-4-7-18(2)10-11/h1,9,11,16H,4-8,10H2,2H3. The molecule has 20 heavy (non-hydrogen) atoms. The molecule has 1 aromatic rings. The fourth-order valence-corrected chi connectivity index (χ4v) is 2.93. The van der Waals surface area contributed by atoms with Gasteiger partial charge in [0.05, 0.1) is 11.9 Å². The van der Waals surface area contributed by atoms with Crippen molar-refractivity contribution < 1.29 is 0 Å². The molecule has 6 heteroatoms. The third kappa shape index (κ3) is 3.62. The second-order valence-electron chi connectivity index (χ2n) is 5.19. The first-order valence-electron chi connectivity index (χ1n) is 6.73. The average molecular weight is 339 g/mol. The Morgan fingerprint density at radius 2 is 2.45 bits per heavy atom. The Labute approximate surface area is 127 Å². The van der Waals surface area contributed by atoms with Crippen LogP contribution < -0.4 is 10.9 Å². The van der Waals surface area contributed by atoms with Gasteiger partial charge in [0.1, 0.15) is 11.0 Å². The monoisotopic (exact) mass is 338 g/mol. The van der Waals surface area contributed by atoms with E-state index in [9.17, 15) is 4.79 Å². The zero-order valence-corrected chi connectivity index (χ0v) is 13.2. The molecule has 1 aliphatic heterocycles. The predicted molar refractivity (Wildman–Crippen MR) is 83.7 cm³/mol. The summed E-state index contributed by atoms with van der Waals surface area (Å²) in [6, 6.07) is 0. The normalized spacial score (nSPS) is 19.6. The number of rotatable bonds is 4. The highest BCUT2D eigenvalue weighted by molar-refractivity contribution is 9.10. The molecule has 0 aromatic carbocycles. The molecule has 1 unspecified atom stereocenters. The van der Waals surface area contributed by atoms with E-state index in [4.69, 9.17) is 6.42 Å². The molecule has 0 spiro atoms. The van der Waals surface area contributed by atoms with Crippen molar-refractivity contribution in [2.75, 3.05) is 32.0 Å². The lowest BCUT2D eigenvalue weighted by Crippen LogP contribution is -2.35. The molecular formula is C14H19BrN4O. The molecule has 0 amide bonds. The minimum absolute atomic E-state index is 0.186. The van der Waals surface area contributed by atoms with Gasteiger partial charge < -0.3 is 10.2 Å². The fraction of sp³-hybridized carbons (Fsp3) is 0.571. The number of likely N-dealkylation sites (tertiary alicyclic amines) is 1. The smallest absolute Gasteiger partial charge is 0.284 e. The molecule has 0 radical (unpaired) electrons. The molecule has 0 aliphatic carbocycles. The topological polar surface area (TPSA) is 50.2 Å². The molecule has 2 heterocycles. The number of nitrogens with zero attached hydrogens (tertiary/aromatic N) is 3. The summed E-state index contributed by atoms with van der Waals surface area (Å²) in [5.41, 5.74) is 0.533. The summed E-state index contributed by atoms with van der Waals surface area (Å²) < 4.78 is 1.76. The van der Waals surface area contributed by atoms with Gasteiger partial charge >= 0.3 is 0 Å². The molecule has 108 valence electrons. The second kappa shape index (κ2) is 6.91. The van der Waals surface area contributed by atoms with E-state index in [2.05, 4.69) is 44.2 Å². The summed E-state index contributed by atoms with van der Waals surface area (Å²) in [6.07, 6.45) is 9.30. The van der Waals surface area contributed by atoms with Crippen molar-refractivity contribution >= 4 is 21.6 Å². The minimum atomic E-state index is -0.200. The molecule has 1 saturated heterocycles. The van der Waals surface area contributed by atoms with Crippen molar-refractivity contribution in [2.45, 2.75) is 19.4 Å². The van der Waals surface area contributed by atoms with Crippen molar-refractivity contribution in [1.82, 2.24) is 14.7 Å². The van der Waals surface area contributed by atoms with Crippen molar-refractivity contribution in [3.05, 3.63) is 21.0 Å². The molecule has 2 rings (SSSR count). The zero-order valence-electron chi connectivity index (χ0n) is 11.6. The molecule has 1 aliphatic rings. The minimum Gasteiger partial charge on any atom is -0.382 e. The quantitative estimate of drug-likeness (QED) is 0.843. The fourth-order valence-electron chi connectivity index (χ4n) is 2.48. The zero-order chi connectivity index (χ0) is 14.5. The second-order valence-corrected chi connectivity index (χ2v) is 5.98. The maximum absolute atomic E-state index is 12.0. The van der Waals surface area contributed by atoms with Gasteiger partial charge in [-0.2, -0.15) is 5.10 Å². The molecule has 1 atom stereocenters. The summed E-state index contributed by atoms with van der Waals surface area (Å²) in [5.74, 6) is 3.02. The van der Waals surface area contributed by atoms with Crippen LogP contribution in [0.25, 0.3) is 0 Å². The van der Waals surface area contributed by atoms with Gasteiger partial charge in [0.15, 0.2) is 0 Å². The van der Waals surface area contributed by atoms with Crippen molar-refractivity contribution in [2.24, 2.45) is 5.92 Å². The van der Waals surface area contributed by atoms with Crippen molar-refractivity contribution in [1.29, 1.82) is 0 Å². The third-order valence-electron chi connectivity index (χ3n) is 3.53. The number of halogens is 1. The van der Waals surface area contributed by atoms with E-state index in [1.54, 1.807) is 6.20 Å². The SMILES string of the molecule is C#CCn1ncc(NCC2CCCN(C)C2)c(Br)c1=O. The number of aromatic nitrogens is 2. The highest BCUT2D eigenvalue weighted by atomic mass is 79.9. The van der Waals surface area contributed by atoms with Crippen LogP contribution in [0.3, 0.4) is 0 Å². The number of hydrogen-bond acceptors (Lipinski definition) is 4. The molecule has 0 bridgehead atoms. The Morgan fingerprint density at radius 1 is 1.65 bits per heavy atom. The van der Waals surface area contributed by atoms with E-state index in [0.29, 0.717) is 10.4 Å². The molecule has 0 saturated carbocycles. The molecular weight excluding hydrogens is 320 g/mol. The summed E-state index contributed by atoms with van der Waals surface area (Å²) in [5, 5.41) is 7.38. The lowest BCUT2D eigenvalue weighted by molar-refractivity contribution is 0.217. The Bertz CT molecular complexity index is 563. The Morgan fingerprint density at radius 3 is 3.15 bits per heavy atom. The molecule has 5 nitrogen and oxygen atoms in total. The molecule has 1 N–H and O–H groups in total. The van der Waals surface area contributed by atoms with Crippen LogP contribution in [-0.4, -0.2) is 41.4 Å². The predicted octanol–water partition coefficient (Wildman–Crippen LogP) is 1.39. The van der Waals surface area contributed by atoms with E-state index < -0.39 is 0 Å².